The number of carbonyl (C=O) groups is 2. The van der Waals surface area contributed by atoms with Crippen molar-refractivity contribution >= 4 is 22.9 Å². The average Bonchev–Trinajstić information content (AvgIpc) is 3.28. The van der Waals surface area contributed by atoms with Crippen LogP contribution in [-0.2, 0) is 4.79 Å². The molecule has 3 rings (SSSR count). The third-order valence-corrected chi connectivity index (χ3v) is 5.65. The first-order valence-electron chi connectivity index (χ1n) is 8.74. The van der Waals surface area contributed by atoms with E-state index in [0.29, 0.717) is 13.1 Å². The minimum Gasteiger partial charge on any atom is -0.497 e. The van der Waals surface area contributed by atoms with E-state index in [1.54, 1.807) is 12.0 Å². The van der Waals surface area contributed by atoms with Crippen molar-refractivity contribution in [2.45, 2.75) is 18.9 Å². The third-order valence-electron chi connectivity index (χ3n) is 4.75. The second kappa shape index (κ2) is 8.58. The zero-order valence-electron chi connectivity index (χ0n) is 14.6. The van der Waals surface area contributed by atoms with E-state index >= 15 is 0 Å². The van der Waals surface area contributed by atoms with Crippen molar-refractivity contribution in [2.24, 2.45) is 0 Å². The van der Waals surface area contributed by atoms with Crippen LogP contribution in [0.15, 0.2) is 24.3 Å². The normalized spacial score (nSPS) is 19.2. The van der Waals surface area contributed by atoms with Crippen LogP contribution in [0.1, 0.15) is 24.4 Å². The maximum absolute atomic E-state index is 12.2. The summed E-state index contributed by atoms with van der Waals surface area (Å²) in [7, 11) is 1.66. The maximum Gasteiger partial charge on any atom is 0.282 e. The summed E-state index contributed by atoms with van der Waals surface area (Å²) in [5.74, 6) is 1.51. The highest BCUT2D eigenvalue weighted by atomic mass is 32.2. The van der Waals surface area contributed by atoms with Crippen molar-refractivity contribution in [3.8, 4) is 5.75 Å². The van der Waals surface area contributed by atoms with E-state index < -0.39 is 0 Å². The number of likely N-dealkylation sites (tertiary alicyclic amines) is 1. The van der Waals surface area contributed by atoms with Gasteiger partial charge in [0.15, 0.2) is 0 Å². The largest absolute Gasteiger partial charge is 0.497 e. The lowest BCUT2D eigenvalue weighted by Crippen LogP contribution is -2.41. The topological polar surface area (TPSA) is 61.9 Å². The molecule has 2 aliphatic rings. The van der Waals surface area contributed by atoms with E-state index in [1.165, 1.54) is 30.2 Å². The van der Waals surface area contributed by atoms with E-state index in [9.17, 15) is 9.59 Å². The Morgan fingerprint density at radius 1 is 1.24 bits per heavy atom. The Morgan fingerprint density at radius 2 is 1.96 bits per heavy atom. The molecule has 0 unspecified atom stereocenters. The van der Waals surface area contributed by atoms with Crippen LogP contribution in [0.2, 0.25) is 0 Å². The molecular formula is C18H25N3O3S. The Kier molecular flexibility index (Phi) is 6.20. The van der Waals surface area contributed by atoms with Crippen LogP contribution in [0, 0.1) is 0 Å². The number of thioether (sulfide) groups is 1. The fourth-order valence-corrected chi connectivity index (χ4v) is 4.17. The highest BCUT2D eigenvalue weighted by molar-refractivity contribution is 8.13. The van der Waals surface area contributed by atoms with Crippen molar-refractivity contribution < 1.29 is 14.3 Å². The molecule has 0 spiro atoms. The van der Waals surface area contributed by atoms with Gasteiger partial charge in [0.1, 0.15) is 12.3 Å². The molecule has 2 heterocycles. The van der Waals surface area contributed by atoms with Gasteiger partial charge >= 0.3 is 0 Å². The van der Waals surface area contributed by atoms with Gasteiger partial charge in [0.2, 0.25) is 5.91 Å². The molecule has 1 N–H and O–H groups in total. The molecule has 0 saturated carbocycles. The number of rotatable bonds is 7. The Balaban J connectivity index is 1.61. The van der Waals surface area contributed by atoms with Gasteiger partial charge in [-0.15, -0.1) is 0 Å². The Morgan fingerprint density at radius 3 is 2.56 bits per heavy atom. The van der Waals surface area contributed by atoms with Gasteiger partial charge in [0.05, 0.1) is 13.2 Å². The second-order valence-electron chi connectivity index (χ2n) is 6.37. The number of carbonyl (C=O) groups excluding carboxylic acids is 2. The Hall–Kier alpha value is -1.73. The van der Waals surface area contributed by atoms with Gasteiger partial charge in [-0.05, 0) is 43.6 Å². The second-order valence-corrected chi connectivity index (χ2v) is 7.42. The Bertz CT molecular complexity index is 602. The number of ether oxygens (including phenoxy) is 1. The minimum absolute atomic E-state index is 0.00129. The molecule has 1 atom stereocenters. The molecule has 6 nitrogen and oxygen atoms in total. The fourth-order valence-electron chi connectivity index (χ4n) is 3.35. The summed E-state index contributed by atoms with van der Waals surface area (Å²) in [5, 5.41) is 3.02. The number of methoxy groups -OCH3 is 1. The van der Waals surface area contributed by atoms with Crippen LogP contribution in [0.25, 0.3) is 0 Å². The predicted octanol–water partition coefficient (Wildman–Crippen LogP) is 2.12. The number of hydrogen-bond donors (Lipinski definition) is 1. The van der Waals surface area contributed by atoms with Crippen LogP contribution in [0.4, 0.5) is 4.79 Å². The van der Waals surface area contributed by atoms with Crippen molar-refractivity contribution in [3.05, 3.63) is 29.8 Å². The van der Waals surface area contributed by atoms with Crippen LogP contribution in [-0.4, -0.2) is 66.5 Å². The number of nitrogens with one attached hydrogen (secondary N) is 1. The molecule has 136 valence electrons. The molecule has 0 aromatic heterocycles. The molecule has 2 fully saturated rings. The molecule has 2 saturated heterocycles. The SMILES string of the molecule is COc1ccc([C@H](CNC(=O)CN2CCSC2=O)N2CCCC2)cc1. The number of amides is 2. The van der Waals surface area contributed by atoms with Crippen molar-refractivity contribution in [3.63, 3.8) is 0 Å². The summed E-state index contributed by atoms with van der Waals surface area (Å²) in [6, 6.07) is 8.20. The summed E-state index contributed by atoms with van der Waals surface area (Å²) in [6.07, 6.45) is 2.39. The number of benzene rings is 1. The lowest BCUT2D eigenvalue weighted by atomic mass is 10.1. The average molecular weight is 363 g/mol. The smallest absolute Gasteiger partial charge is 0.282 e. The van der Waals surface area contributed by atoms with Crippen molar-refractivity contribution in [1.29, 1.82) is 0 Å². The molecule has 0 aliphatic carbocycles. The van der Waals surface area contributed by atoms with E-state index in [1.807, 2.05) is 12.1 Å². The summed E-state index contributed by atoms with van der Waals surface area (Å²) in [5.41, 5.74) is 1.18. The standard InChI is InChI=1S/C18H25N3O3S/c1-24-15-6-4-14(5-7-15)16(20-8-2-3-9-20)12-19-17(22)13-21-10-11-25-18(21)23/h4-7,16H,2-3,8-13H2,1H3,(H,19,22)/t16-/m0/s1. The first kappa shape index (κ1) is 18.1. The van der Waals surface area contributed by atoms with Gasteiger partial charge in [0.25, 0.3) is 5.24 Å². The van der Waals surface area contributed by atoms with Gasteiger partial charge < -0.3 is 15.0 Å². The number of nitrogens with zero attached hydrogens (tertiary/aromatic N) is 2. The van der Waals surface area contributed by atoms with Crippen LogP contribution >= 0.6 is 11.8 Å². The van der Waals surface area contributed by atoms with E-state index in [0.717, 1.165) is 24.6 Å². The summed E-state index contributed by atoms with van der Waals surface area (Å²) in [4.78, 5) is 27.9. The molecule has 2 aliphatic heterocycles. The minimum atomic E-state index is -0.0893. The lowest BCUT2D eigenvalue weighted by Gasteiger charge is -2.28. The first-order chi connectivity index (χ1) is 12.2. The zero-order chi connectivity index (χ0) is 17.6. The summed E-state index contributed by atoms with van der Waals surface area (Å²) in [6.45, 7) is 3.47. The van der Waals surface area contributed by atoms with E-state index in [2.05, 4.69) is 22.3 Å². The highest BCUT2D eigenvalue weighted by Crippen LogP contribution is 2.26. The molecule has 1 aromatic carbocycles. The molecule has 0 bridgehead atoms. The van der Waals surface area contributed by atoms with Crippen LogP contribution in [0.5, 0.6) is 5.75 Å². The fraction of sp³-hybridized carbons (Fsp3) is 0.556. The van der Waals surface area contributed by atoms with E-state index in [-0.39, 0.29) is 23.7 Å². The first-order valence-corrected chi connectivity index (χ1v) is 9.72. The molecule has 7 heteroatoms. The quantitative estimate of drug-likeness (QED) is 0.804. The molecule has 0 radical (unpaired) electrons. The number of hydrogen-bond acceptors (Lipinski definition) is 5. The van der Waals surface area contributed by atoms with Gasteiger partial charge in [0, 0.05) is 18.8 Å². The summed E-state index contributed by atoms with van der Waals surface area (Å²) >= 11 is 1.28. The van der Waals surface area contributed by atoms with Crippen molar-refractivity contribution in [2.75, 3.05) is 45.6 Å². The molecule has 1 aromatic rings. The van der Waals surface area contributed by atoms with Gasteiger partial charge in [-0.1, -0.05) is 23.9 Å². The highest BCUT2D eigenvalue weighted by Gasteiger charge is 2.26. The molecule has 2 amide bonds. The lowest BCUT2D eigenvalue weighted by molar-refractivity contribution is -0.121. The maximum atomic E-state index is 12.2. The van der Waals surface area contributed by atoms with Crippen molar-refractivity contribution in [1.82, 2.24) is 15.1 Å². The Labute approximate surface area is 152 Å². The monoisotopic (exact) mass is 363 g/mol. The molecular weight excluding hydrogens is 338 g/mol. The summed E-state index contributed by atoms with van der Waals surface area (Å²) < 4.78 is 5.23. The van der Waals surface area contributed by atoms with Gasteiger partial charge in [-0.3, -0.25) is 14.5 Å². The van der Waals surface area contributed by atoms with Crippen LogP contribution in [0.3, 0.4) is 0 Å². The molecule has 25 heavy (non-hydrogen) atoms. The third kappa shape index (κ3) is 4.67. The van der Waals surface area contributed by atoms with E-state index in [4.69, 9.17) is 4.74 Å². The van der Waals surface area contributed by atoms with Gasteiger partial charge in [-0.2, -0.15) is 0 Å². The van der Waals surface area contributed by atoms with Gasteiger partial charge in [-0.25, -0.2) is 0 Å². The van der Waals surface area contributed by atoms with Crippen LogP contribution < -0.4 is 10.1 Å². The zero-order valence-corrected chi connectivity index (χ0v) is 15.4. The predicted molar refractivity (Wildman–Crippen MR) is 99.0 cm³/mol.